The van der Waals surface area contributed by atoms with E-state index in [9.17, 15) is 9.59 Å². The predicted octanol–water partition coefficient (Wildman–Crippen LogP) is 5.04. The number of nitrogens with zero attached hydrogens (tertiary/aromatic N) is 1. The van der Waals surface area contributed by atoms with Gasteiger partial charge in [-0.1, -0.05) is 26.0 Å². The monoisotopic (exact) mass is 408 g/mol. The van der Waals surface area contributed by atoms with Crippen LogP contribution in [0.1, 0.15) is 56.8 Å². The molecule has 3 aromatic rings. The van der Waals surface area contributed by atoms with Crippen molar-refractivity contribution in [2.75, 3.05) is 5.32 Å². The Morgan fingerprint density at radius 1 is 1.03 bits per heavy atom. The molecule has 158 valence electrons. The van der Waals surface area contributed by atoms with Gasteiger partial charge in [-0.2, -0.15) is 0 Å². The van der Waals surface area contributed by atoms with E-state index in [0.29, 0.717) is 11.3 Å². The molecular weight excluding hydrogens is 380 g/mol. The minimum absolute atomic E-state index is 0.141. The van der Waals surface area contributed by atoms with Crippen LogP contribution < -0.4 is 10.6 Å². The summed E-state index contributed by atoms with van der Waals surface area (Å²) in [5.41, 5.74) is 2.27. The zero-order valence-electron chi connectivity index (χ0n) is 17.9. The summed E-state index contributed by atoms with van der Waals surface area (Å²) in [6, 6.07) is 14.2. The standard InChI is InChI=1S/C23H28N4O3/c1-14(2)19(20-25-17-8-6-7-9-18(17)26-20)27-21(28)15-10-12-16(13-11-15)24-22(29)30-23(3,4)5/h6-14,19H,1-5H3,(H,24,29)(H,25,26)(H,27,28)/t19-/m0/s1. The Kier molecular flexibility index (Phi) is 6.10. The number of anilines is 1. The second kappa shape index (κ2) is 8.57. The summed E-state index contributed by atoms with van der Waals surface area (Å²) in [5.74, 6) is 0.656. The first-order valence-electron chi connectivity index (χ1n) is 9.98. The fourth-order valence-corrected chi connectivity index (χ4v) is 3.02. The molecule has 3 rings (SSSR count). The number of rotatable bonds is 5. The molecule has 0 aliphatic heterocycles. The van der Waals surface area contributed by atoms with Gasteiger partial charge in [0.25, 0.3) is 5.91 Å². The number of carbonyl (C=O) groups excluding carboxylic acids is 2. The van der Waals surface area contributed by atoms with E-state index in [4.69, 9.17) is 4.74 Å². The number of amides is 2. The topological polar surface area (TPSA) is 96.1 Å². The Balaban J connectivity index is 1.69. The van der Waals surface area contributed by atoms with E-state index in [-0.39, 0.29) is 17.9 Å². The number of imidazole rings is 1. The van der Waals surface area contributed by atoms with Gasteiger partial charge in [0.1, 0.15) is 11.4 Å². The molecule has 0 aliphatic carbocycles. The van der Waals surface area contributed by atoms with Crippen LogP contribution in [0.4, 0.5) is 10.5 Å². The lowest BCUT2D eigenvalue weighted by Gasteiger charge is -2.21. The Morgan fingerprint density at radius 2 is 1.70 bits per heavy atom. The molecule has 2 aromatic carbocycles. The number of fused-ring (bicyclic) bond motifs is 1. The molecular formula is C23H28N4O3. The van der Waals surface area contributed by atoms with Crippen LogP contribution in [0.25, 0.3) is 11.0 Å². The van der Waals surface area contributed by atoms with Crippen LogP contribution in [0.15, 0.2) is 48.5 Å². The summed E-state index contributed by atoms with van der Waals surface area (Å²) in [5, 5.41) is 5.71. The molecule has 2 amide bonds. The molecule has 7 nitrogen and oxygen atoms in total. The number of carbonyl (C=O) groups is 2. The zero-order chi connectivity index (χ0) is 21.9. The minimum Gasteiger partial charge on any atom is -0.444 e. The zero-order valence-corrected chi connectivity index (χ0v) is 17.9. The van der Waals surface area contributed by atoms with Gasteiger partial charge in [0.15, 0.2) is 0 Å². The fraction of sp³-hybridized carbons (Fsp3) is 0.348. The average Bonchev–Trinajstić information content (AvgIpc) is 3.08. The molecule has 1 atom stereocenters. The molecule has 1 aromatic heterocycles. The number of aromatic amines is 1. The molecule has 0 saturated carbocycles. The Bertz CT molecular complexity index is 1000. The summed E-state index contributed by atoms with van der Waals surface area (Å²) < 4.78 is 5.23. The number of nitrogens with one attached hydrogen (secondary N) is 3. The number of para-hydroxylation sites is 2. The highest BCUT2D eigenvalue weighted by Gasteiger charge is 2.22. The van der Waals surface area contributed by atoms with Gasteiger partial charge >= 0.3 is 6.09 Å². The SMILES string of the molecule is CC(C)[C@H](NC(=O)c1ccc(NC(=O)OC(C)(C)C)cc1)c1nc2ccccc2[nH]1. The van der Waals surface area contributed by atoms with E-state index in [1.807, 2.05) is 38.1 Å². The minimum atomic E-state index is -0.577. The van der Waals surface area contributed by atoms with Crippen molar-refractivity contribution in [2.24, 2.45) is 5.92 Å². The maximum absolute atomic E-state index is 12.8. The van der Waals surface area contributed by atoms with Gasteiger partial charge in [-0.3, -0.25) is 10.1 Å². The average molecular weight is 409 g/mol. The Morgan fingerprint density at radius 3 is 2.30 bits per heavy atom. The van der Waals surface area contributed by atoms with Crippen molar-refractivity contribution in [3.63, 3.8) is 0 Å². The summed E-state index contributed by atoms with van der Waals surface area (Å²) >= 11 is 0. The molecule has 0 aliphatic rings. The maximum atomic E-state index is 12.8. The molecule has 0 radical (unpaired) electrons. The van der Waals surface area contributed by atoms with Crippen LogP contribution in [-0.2, 0) is 4.74 Å². The third kappa shape index (κ3) is 5.37. The summed E-state index contributed by atoms with van der Waals surface area (Å²) in [7, 11) is 0. The predicted molar refractivity (Wildman–Crippen MR) is 117 cm³/mol. The maximum Gasteiger partial charge on any atom is 0.412 e. The lowest BCUT2D eigenvalue weighted by molar-refractivity contribution is 0.0635. The van der Waals surface area contributed by atoms with Crippen molar-refractivity contribution in [3.8, 4) is 0 Å². The van der Waals surface area contributed by atoms with Gasteiger partial charge < -0.3 is 15.0 Å². The molecule has 7 heteroatoms. The Labute approximate surface area is 176 Å². The molecule has 0 unspecified atom stereocenters. The summed E-state index contributed by atoms with van der Waals surface area (Å²) in [6.45, 7) is 9.46. The Hall–Kier alpha value is -3.35. The molecule has 0 saturated heterocycles. The first-order valence-corrected chi connectivity index (χ1v) is 9.98. The highest BCUT2D eigenvalue weighted by Crippen LogP contribution is 2.23. The van der Waals surface area contributed by atoms with Crippen molar-refractivity contribution in [1.82, 2.24) is 15.3 Å². The van der Waals surface area contributed by atoms with E-state index in [1.165, 1.54) is 0 Å². The van der Waals surface area contributed by atoms with Crippen molar-refractivity contribution in [3.05, 3.63) is 59.9 Å². The molecule has 1 heterocycles. The summed E-state index contributed by atoms with van der Waals surface area (Å²) in [6.07, 6.45) is -0.538. The number of hydrogen-bond donors (Lipinski definition) is 3. The van der Waals surface area contributed by atoms with Crippen molar-refractivity contribution in [1.29, 1.82) is 0 Å². The number of hydrogen-bond acceptors (Lipinski definition) is 4. The third-order valence-corrected chi connectivity index (χ3v) is 4.45. The second-order valence-electron chi connectivity index (χ2n) is 8.54. The molecule has 0 bridgehead atoms. The first-order chi connectivity index (χ1) is 14.1. The quantitative estimate of drug-likeness (QED) is 0.551. The molecule has 0 spiro atoms. The molecule has 3 N–H and O–H groups in total. The lowest BCUT2D eigenvalue weighted by Crippen LogP contribution is -2.32. The van der Waals surface area contributed by atoms with Gasteiger partial charge in [-0.15, -0.1) is 0 Å². The van der Waals surface area contributed by atoms with E-state index >= 15 is 0 Å². The van der Waals surface area contributed by atoms with Gasteiger partial charge in [-0.25, -0.2) is 9.78 Å². The van der Waals surface area contributed by atoms with Gasteiger partial charge in [-0.05, 0) is 63.1 Å². The van der Waals surface area contributed by atoms with Crippen LogP contribution in [0.3, 0.4) is 0 Å². The number of aromatic nitrogens is 2. The first kappa shape index (κ1) is 21.4. The van der Waals surface area contributed by atoms with E-state index < -0.39 is 11.7 Å². The molecule has 30 heavy (non-hydrogen) atoms. The summed E-state index contributed by atoms with van der Waals surface area (Å²) in [4.78, 5) is 32.6. The smallest absolute Gasteiger partial charge is 0.412 e. The number of ether oxygens (including phenoxy) is 1. The third-order valence-electron chi connectivity index (χ3n) is 4.45. The lowest BCUT2D eigenvalue weighted by atomic mass is 10.0. The van der Waals surface area contributed by atoms with Gasteiger partial charge in [0, 0.05) is 11.3 Å². The van der Waals surface area contributed by atoms with Gasteiger partial charge in [0.2, 0.25) is 0 Å². The van der Waals surface area contributed by atoms with Crippen LogP contribution in [0, 0.1) is 5.92 Å². The van der Waals surface area contributed by atoms with Crippen LogP contribution in [0.2, 0.25) is 0 Å². The van der Waals surface area contributed by atoms with Crippen molar-refractivity contribution < 1.29 is 14.3 Å². The van der Waals surface area contributed by atoms with Gasteiger partial charge in [0.05, 0.1) is 17.1 Å². The van der Waals surface area contributed by atoms with E-state index in [1.54, 1.807) is 45.0 Å². The number of benzene rings is 2. The second-order valence-corrected chi connectivity index (χ2v) is 8.54. The largest absolute Gasteiger partial charge is 0.444 e. The molecule has 0 fully saturated rings. The van der Waals surface area contributed by atoms with E-state index in [2.05, 4.69) is 20.6 Å². The number of H-pyrrole nitrogens is 1. The highest BCUT2D eigenvalue weighted by atomic mass is 16.6. The highest BCUT2D eigenvalue weighted by molar-refractivity contribution is 5.95. The van der Waals surface area contributed by atoms with Crippen LogP contribution in [-0.4, -0.2) is 27.6 Å². The normalized spacial score (nSPS) is 12.6. The fourth-order valence-electron chi connectivity index (χ4n) is 3.02. The van der Waals surface area contributed by atoms with Crippen molar-refractivity contribution >= 4 is 28.7 Å². The van der Waals surface area contributed by atoms with Crippen LogP contribution in [0.5, 0.6) is 0 Å². The van der Waals surface area contributed by atoms with Crippen LogP contribution >= 0.6 is 0 Å². The van der Waals surface area contributed by atoms with Crippen molar-refractivity contribution in [2.45, 2.75) is 46.3 Å². The van der Waals surface area contributed by atoms with E-state index in [0.717, 1.165) is 16.9 Å².